The van der Waals surface area contributed by atoms with E-state index in [2.05, 4.69) is 15.5 Å². The molecule has 0 radical (unpaired) electrons. The van der Waals surface area contributed by atoms with Gasteiger partial charge in [0.05, 0.1) is 17.3 Å². The summed E-state index contributed by atoms with van der Waals surface area (Å²) in [4.78, 5) is 12.0. The number of benzene rings is 1. The lowest BCUT2D eigenvalue weighted by Crippen LogP contribution is -2.24. The second kappa shape index (κ2) is 8.22. The van der Waals surface area contributed by atoms with Crippen LogP contribution < -0.4 is 5.32 Å². The van der Waals surface area contributed by atoms with Crippen molar-refractivity contribution in [3.63, 3.8) is 0 Å². The lowest BCUT2D eigenvalue weighted by atomic mass is 10.1. The first-order valence-electron chi connectivity index (χ1n) is 8.38. The molecule has 1 aliphatic rings. The predicted molar refractivity (Wildman–Crippen MR) is 98.5 cm³/mol. The van der Waals surface area contributed by atoms with E-state index in [0.29, 0.717) is 30.5 Å². The summed E-state index contributed by atoms with van der Waals surface area (Å²) in [6, 6.07) is 7.89. The van der Waals surface area contributed by atoms with Crippen molar-refractivity contribution in [3.8, 4) is 0 Å². The third-order valence-corrected chi connectivity index (χ3v) is 6.96. The number of hydrogen-bond acceptors (Lipinski definition) is 7. The van der Waals surface area contributed by atoms with Crippen molar-refractivity contribution >= 4 is 27.5 Å². The number of thioether (sulfide) groups is 1. The van der Waals surface area contributed by atoms with Gasteiger partial charge in [-0.1, -0.05) is 36.0 Å². The second-order valence-electron chi connectivity index (χ2n) is 6.43. The minimum atomic E-state index is -2.91. The Morgan fingerprint density at radius 3 is 2.88 bits per heavy atom. The monoisotopic (exact) mass is 395 g/mol. The van der Waals surface area contributed by atoms with E-state index in [0.717, 1.165) is 11.1 Å². The van der Waals surface area contributed by atoms with E-state index < -0.39 is 9.84 Å². The third kappa shape index (κ3) is 5.31. The highest BCUT2D eigenvalue weighted by atomic mass is 32.2. The first-order valence-corrected chi connectivity index (χ1v) is 11.2. The van der Waals surface area contributed by atoms with Crippen molar-refractivity contribution in [1.29, 1.82) is 0 Å². The van der Waals surface area contributed by atoms with Gasteiger partial charge in [0.25, 0.3) is 5.22 Å². The summed E-state index contributed by atoms with van der Waals surface area (Å²) in [5.74, 6) is 0.949. The SMILES string of the molecule is Cc1ccccc1CNC(=O)CSc1nnc(C[C@@H]2CCS(=O)(=O)C2)o1. The lowest BCUT2D eigenvalue weighted by Gasteiger charge is -2.06. The summed E-state index contributed by atoms with van der Waals surface area (Å²) in [7, 11) is -2.91. The van der Waals surface area contributed by atoms with Crippen molar-refractivity contribution in [2.75, 3.05) is 17.3 Å². The molecule has 7 nitrogen and oxygen atoms in total. The molecule has 1 saturated heterocycles. The number of amides is 1. The summed E-state index contributed by atoms with van der Waals surface area (Å²) in [6.45, 7) is 2.49. The van der Waals surface area contributed by atoms with Gasteiger partial charge >= 0.3 is 0 Å². The number of nitrogens with zero attached hydrogens (tertiary/aromatic N) is 2. The quantitative estimate of drug-likeness (QED) is 0.713. The molecule has 1 amide bonds. The Hall–Kier alpha value is -1.87. The highest BCUT2D eigenvalue weighted by Crippen LogP contribution is 2.23. The molecular formula is C17H21N3O4S2. The van der Waals surface area contributed by atoms with Gasteiger partial charge in [-0.15, -0.1) is 10.2 Å². The van der Waals surface area contributed by atoms with Crippen LogP contribution in [0.1, 0.15) is 23.4 Å². The number of carbonyl (C=O) groups excluding carboxylic acids is 1. The van der Waals surface area contributed by atoms with Gasteiger partial charge in [-0.25, -0.2) is 8.42 Å². The van der Waals surface area contributed by atoms with E-state index in [1.165, 1.54) is 11.8 Å². The normalized spacial score (nSPS) is 18.7. The van der Waals surface area contributed by atoms with Gasteiger partial charge in [0, 0.05) is 13.0 Å². The van der Waals surface area contributed by atoms with Crippen molar-refractivity contribution < 1.29 is 17.6 Å². The zero-order chi connectivity index (χ0) is 18.6. The fraction of sp³-hybridized carbons (Fsp3) is 0.471. The maximum atomic E-state index is 12.0. The van der Waals surface area contributed by atoms with E-state index in [1.54, 1.807) is 0 Å². The number of aromatic nitrogens is 2. The molecule has 1 fully saturated rings. The van der Waals surface area contributed by atoms with E-state index in [4.69, 9.17) is 4.42 Å². The molecule has 2 heterocycles. The van der Waals surface area contributed by atoms with Gasteiger partial charge in [0.1, 0.15) is 0 Å². The van der Waals surface area contributed by atoms with Gasteiger partial charge < -0.3 is 9.73 Å². The zero-order valence-electron chi connectivity index (χ0n) is 14.5. The van der Waals surface area contributed by atoms with Crippen molar-refractivity contribution in [3.05, 3.63) is 41.3 Å². The Bertz CT molecular complexity index is 880. The van der Waals surface area contributed by atoms with E-state index in [9.17, 15) is 13.2 Å². The van der Waals surface area contributed by atoms with Crippen LogP contribution in [0.25, 0.3) is 0 Å². The maximum absolute atomic E-state index is 12.0. The lowest BCUT2D eigenvalue weighted by molar-refractivity contribution is -0.118. The Morgan fingerprint density at radius 2 is 2.15 bits per heavy atom. The van der Waals surface area contributed by atoms with E-state index in [-0.39, 0.29) is 29.1 Å². The Morgan fingerprint density at radius 1 is 1.35 bits per heavy atom. The maximum Gasteiger partial charge on any atom is 0.277 e. The molecule has 1 aliphatic heterocycles. The second-order valence-corrected chi connectivity index (χ2v) is 9.58. The highest BCUT2D eigenvalue weighted by molar-refractivity contribution is 7.99. The average Bonchev–Trinajstić information content (AvgIpc) is 3.18. The van der Waals surface area contributed by atoms with Crippen LogP contribution in [0, 0.1) is 12.8 Å². The number of sulfone groups is 1. The van der Waals surface area contributed by atoms with E-state index in [1.807, 2.05) is 31.2 Å². The summed E-state index contributed by atoms with van der Waals surface area (Å²) in [5.41, 5.74) is 2.22. The average molecular weight is 396 g/mol. The van der Waals surface area contributed by atoms with Crippen LogP contribution in [-0.2, 0) is 27.6 Å². The third-order valence-electron chi connectivity index (χ3n) is 4.30. The molecule has 1 aromatic carbocycles. The summed E-state index contributed by atoms with van der Waals surface area (Å²) in [5, 5.41) is 11.1. The molecule has 1 atom stereocenters. The van der Waals surface area contributed by atoms with Crippen LogP contribution in [0.15, 0.2) is 33.9 Å². The Kier molecular flexibility index (Phi) is 5.98. The highest BCUT2D eigenvalue weighted by Gasteiger charge is 2.29. The standard InChI is InChI=1S/C17H21N3O4S2/c1-12-4-2-3-5-14(12)9-18-15(21)10-25-17-20-19-16(24-17)8-13-6-7-26(22,23)11-13/h2-5,13H,6-11H2,1H3,(H,18,21)/t13-/m0/s1. The molecule has 26 heavy (non-hydrogen) atoms. The number of hydrogen-bond donors (Lipinski definition) is 1. The number of aryl methyl sites for hydroxylation is 1. The smallest absolute Gasteiger partial charge is 0.277 e. The van der Waals surface area contributed by atoms with E-state index >= 15 is 0 Å². The number of rotatable bonds is 7. The van der Waals surface area contributed by atoms with Crippen LogP contribution in [-0.4, -0.2) is 41.8 Å². The van der Waals surface area contributed by atoms with Crippen molar-refractivity contribution in [2.45, 2.75) is 31.5 Å². The van der Waals surface area contributed by atoms with Crippen LogP contribution >= 0.6 is 11.8 Å². The first-order chi connectivity index (χ1) is 12.4. The topological polar surface area (TPSA) is 102 Å². The van der Waals surface area contributed by atoms with Gasteiger partial charge in [-0.3, -0.25) is 4.79 Å². The van der Waals surface area contributed by atoms with Gasteiger partial charge in [-0.05, 0) is 30.4 Å². The molecule has 0 bridgehead atoms. The first kappa shape index (κ1) is 18.9. The summed E-state index contributed by atoms with van der Waals surface area (Å²) < 4.78 is 28.5. The molecule has 3 rings (SSSR count). The minimum Gasteiger partial charge on any atom is -0.416 e. The molecule has 0 aliphatic carbocycles. The van der Waals surface area contributed by atoms with Crippen molar-refractivity contribution in [1.82, 2.24) is 15.5 Å². The van der Waals surface area contributed by atoms with Gasteiger partial charge in [0.2, 0.25) is 11.8 Å². The van der Waals surface area contributed by atoms with Crippen LogP contribution in [0.2, 0.25) is 0 Å². The summed E-state index contributed by atoms with van der Waals surface area (Å²) >= 11 is 1.18. The fourth-order valence-electron chi connectivity index (χ4n) is 2.84. The van der Waals surface area contributed by atoms with Crippen LogP contribution in [0.5, 0.6) is 0 Å². The summed E-state index contributed by atoms with van der Waals surface area (Å²) in [6.07, 6.45) is 1.10. The largest absolute Gasteiger partial charge is 0.416 e. The molecule has 0 saturated carbocycles. The van der Waals surface area contributed by atoms with Crippen LogP contribution in [0.3, 0.4) is 0 Å². The molecule has 9 heteroatoms. The fourth-order valence-corrected chi connectivity index (χ4v) is 5.31. The minimum absolute atomic E-state index is 0.0377. The Labute approximate surface area is 156 Å². The zero-order valence-corrected chi connectivity index (χ0v) is 16.1. The van der Waals surface area contributed by atoms with Gasteiger partial charge in [-0.2, -0.15) is 0 Å². The molecule has 1 N–H and O–H groups in total. The van der Waals surface area contributed by atoms with Gasteiger partial charge in [0.15, 0.2) is 9.84 Å². The molecule has 0 spiro atoms. The van der Waals surface area contributed by atoms with Crippen LogP contribution in [0.4, 0.5) is 0 Å². The molecule has 2 aromatic rings. The molecular weight excluding hydrogens is 374 g/mol. The predicted octanol–water partition coefficient (Wildman–Crippen LogP) is 1.76. The molecule has 0 unspecified atom stereocenters. The van der Waals surface area contributed by atoms with Crippen molar-refractivity contribution in [2.24, 2.45) is 5.92 Å². The number of carbonyl (C=O) groups is 1. The molecule has 1 aromatic heterocycles. The Balaban J connectivity index is 1.43. The molecule has 140 valence electrons. The number of nitrogens with one attached hydrogen (secondary N) is 1.